The van der Waals surface area contributed by atoms with Crippen LogP contribution < -0.4 is 5.32 Å². The molecule has 0 bridgehead atoms. The molecule has 6 nitrogen and oxygen atoms in total. The average Bonchev–Trinajstić information content (AvgIpc) is 3.00. The Hall–Kier alpha value is -3.67. The van der Waals surface area contributed by atoms with E-state index < -0.39 is 5.97 Å². The number of rotatable bonds is 4. The topological polar surface area (TPSA) is 95.1 Å². The van der Waals surface area contributed by atoms with E-state index in [1.165, 1.54) is 0 Å². The highest BCUT2D eigenvalue weighted by Gasteiger charge is 2.19. The summed E-state index contributed by atoms with van der Waals surface area (Å²) >= 11 is 0. The SMILES string of the molecule is O=C(Cc1c(C(=O)O)[nH]c2ccccc12)Nc1cnc2ccccc2c1. The number of carboxylic acids is 1. The summed E-state index contributed by atoms with van der Waals surface area (Å²) in [5, 5.41) is 13.9. The first-order valence-corrected chi connectivity index (χ1v) is 8.09. The lowest BCUT2D eigenvalue weighted by atomic mass is 10.1. The van der Waals surface area contributed by atoms with Crippen molar-refractivity contribution in [1.29, 1.82) is 0 Å². The number of carbonyl (C=O) groups excluding carboxylic acids is 1. The highest BCUT2D eigenvalue weighted by atomic mass is 16.4. The number of nitrogens with zero attached hydrogens (tertiary/aromatic N) is 1. The van der Waals surface area contributed by atoms with Crippen LogP contribution in [0.1, 0.15) is 16.1 Å². The number of para-hydroxylation sites is 2. The highest BCUT2D eigenvalue weighted by molar-refractivity contribution is 6.02. The summed E-state index contributed by atoms with van der Waals surface area (Å²) in [5.74, 6) is -1.38. The normalized spacial score (nSPS) is 10.9. The molecule has 0 aliphatic carbocycles. The Bertz CT molecular complexity index is 1150. The van der Waals surface area contributed by atoms with Crippen molar-refractivity contribution in [1.82, 2.24) is 9.97 Å². The predicted octanol–water partition coefficient (Wildman–Crippen LogP) is 3.60. The monoisotopic (exact) mass is 345 g/mol. The minimum atomic E-state index is -1.09. The molecule has 128 valence electrons. The zero-order valence-electron chi connectivity index (χ0n) is 13.7. The number of carbonyl (C=O) groups is 2. The maximum Gasteiger partial charge on any atom is 0.352 e. The van der Waals surface area contributed by atoms with Gasteiger partial charge in [-0.15, -0.1) is 0 Å². The molecule has 3 N–H and O–H groups in total. The van der Waals surface area contributed by atoms with E-state index in [1.807, 2.05) is 42.5 Å². The summed E-state index contributed by atoms with van der Waals surface area (Å²) in [6.07, 6.45) is 1.55. The second kappa shape index (κ2) is 6.33. The van der Waals surface area contributed by atoms with Crippen molar-refractivity contribution < 1.29 is 14.7 Å². The van der Waals surface area contributed by atoms with Gasteiger partial charge in [-0.2, -0.15) is 0 Å². The third kappa shape index (κ3) is 2.88. The zero-order valence-corrected chi connectivity index (χ0v) is 13.7. The molecule has 6 heteroatoms. The van der Waals surface area contributed by atoms with Gasteiger partial charge in [0, 0.05) is 21.9 Å². The van der Waals surface area contributed by atoms with Gasteiger partial charge in [0.05, 0.1) is 23.8 Å². The van der Waals surface area contributed by atoms with Crippen LogP contribution in [0.5, 0.6) is 0 Å². The first kappa shape index (κ1) is 15.8. The van der Waals surface area contributed by atoms with Gasteiger partial charge < -0.3 is 15.4 Å². The third-order valence-corrected chi connectivity index (χ3v) is 4.24. The van der Waals surface area contributed by atoms with Gasteiger partial charge in [0.1, 0.15) is 5.69 Å². The molecular formula is C20H15N3O3. The van der Waals surface area contributed by atoms with E-state index in [4.69, 9.17) is 0 Å². The number of fused-ring (bicyclic) bond motifs is 2. The van der Waals surface area contributed by atoms with Gasteiger partial charge in [0.2, 0.25) is 5.91 Å². The molecule has 0 saturated carbocycles. The molecule has 4 rings (SSSR count). The van der Waals surface area contributed by atoms with E-state index in [2.05, 4.69) is 15.3 Å². The molecule has 0 aliphatic heterocycles. The molecule has 0 aliphatic rings. The second-order valence-electron chi connectivity index (χ2n) is 5.97. The second-order valence-corrected chi connectivity index (χ2v) is 5.97. The van der Waals surface area contributed by atoms with Crippen molar-refractivity contribution in [3.63, 3.8) is 0 Å². The number of aromatic carboxylic acids is 1. The van der Waals surface area contributed by atoms with Crippen molar-refractivity contribution in [3.8, 4) is 0 Å². The van der Waals surface area contributed by atoms with Gasteiger partial charge in [-0.25, -0.2) is 4.79 Å². The van der Waals surface area contributed by atoms with Crippen molar-refractivity contribution in [2.45, 2.75) is 6.42 Å². The van der Waals surface area contributed by atoms with Gasteiger partial charge in [-0.05, 0) is 18.2 Å². The van der Waals surface area contributed by atoms with E-state index in [1.54, 1.807) is 18.3 Å². The third-order valence-electron chi connectivity index (χ3n) is 4.24. The van der Waals surface area contributed by atoms with Crippen molar-refractivity contribution in [2.24, 2.45) is 0 Å². The van der Waals surface area contributed by atoms with Gasteiger partial charge in [-0.1, -0.05) is 36.4 Å². The Kier molecular flexibility index (Phi) is 3.85. The minimum Gasteiger partial charge on any atom is -0.477 e. The number of aromatic amines is 1. The number of H-pyrrole nitrogens is 1. The number of nitrogens with one attached hydrogen (secondary N) is 2. The summed E-state index contributed by atoms with van der Waals surface area (Å²) in [7, 11) is 0. The standard InChI is InChI=1S/C20H15N3O3/c24-18(22-13-9-12-5-1-3-7-16(12)21-11-13)10-15-14-6-2-4-8-17(14)23-19(15)20(25)26/h1-9,11,23H,10H2,(H,22,24)(H,25,26). The molecule has 0 atom stereocenters. The molecule has 2 aromatic heterocycles. The van der Waals surface area contributed by atoms with E-state index in [0.717, 1.165) is 16.3 Å². The summed E-state index contributed by atoms with van der Waals surface area (Å²) < 4.78 is 0. The largest absolute Gasteiger partial charge is 0.477 e. The first-order chi connectivity index (χ1) is 12.6. The van der Waals surface area contributed by atoms with Crippen LogP contribution >= 0.6 is 0 Å². The van der Waals surface area contributed by atoms with Gasteiger partial charge in [0.15, 0.2) is 0 Å². The van der Waals surface area contributed by atoms with Crippen LogP contribution in [0.15, 0.2) is 60.8 Å². The Balaban J connectivity index is 1.62. The van der Waals surface area contributed by atoms with Crippen LogP contribution in [0, 0.1) is 0 Å². The molecule has 2 aromatic carbocycles. The molecular weight excluding hydrogens is 330 g/mol. The predicted molar refractivity (Wildman–Crippen MR) is 99.3 cm³/mol. The summed E-state index contributed by atoms with van der Waals surface area (Å²) in [6, 6.07) is 16.7. The van der Waals surface area contributed by atoms with Crippen LogP contribution in [0.2, 0.25) is 0 Å². The summed E-state index contributed by atoms with van der Waals surface area (Å²) in [4.78, 5) is 31.2. The van der Waals surface area contributed by atoms with Crippen LogP contribution in [0.3, 0.4) is 0 Å². The van der Waals surface area contributed by atoms with Crippen LogP contribution in [0.25, 0.3) is 21.8 Å². The van der Waals surface area contributed by atoms with Crippen LogP contribution in [-0.2, 0) is 11.2 Å². The Labute approximate surface area is 148 Å². The molecule has 0 unspecified atom stereocenters. The lowest BCUT2D eigenvalue weighted by molar-refractivity contribution is -0.115. The molecule has 2 heterocycles. The van der Waals surface area contributed by atoms with Gasteiger partial charge in [0.25, 0.3) is 0 Å². The van der Waals surface area contributed by atoms with Crippen molar-refractivity contribution >= 4 is 39.4 Å². The Morgan fingerprint density at radius 3 is 2.69 bits per heavy atom. The van der Waals surface area contributed by atoms with E-state index >= 15 is 0 Å². The molecule has 0 radical (unpaired) electrons. The maximum atomic E-state index is 12.5. The molecule has 0 saturated heterocycles. The fraction of sp³-hybridized carbons (Fsp3) is 0.0500. The fourth-order valence-electron chi connectivity index (χ4n) is 3.07. The van der Waals surface area contributed by atoms with E-state index in [0.29, 0.717) is 16.8 Å². The van der Waals surface area contributed by atoms with Crippen LogP contribution in [-0.4, -0.2) is 27.0 Å². The van der Waals surface area contributed by atoms with Crippen molar-refractivity contribution in [3.05, 3.63) is 72.1 Å². The van der Waals surface area contributed by atoms with Gasteiger partial charge >= 0.3 is 5.97 Å². The summed E-state index contributed by atoms with van der Waals surface area (Å²) in [5.41, 5.74) is 2.62. The lowest BCUT2D eigenvalue weighted by Crippen LogP contribution is -2.16. The Morgan fingerprint density at radius 2 is 1.85 bits per heavy atom. The van der Waals surface area contributed by atoms with E-state index in [-0.39, 0.29) is 18.0 Å². The molecule has 0 spiro atoms. The number of amides is 1. The van der Waals surface area contributed by atoms with E-state index in [9.17, 15) is 14.7 Å². The number of pyridine rings is 1. The van der Waals surface area contributed by atoms with Crippen molar-refractivity contribution in [2.75, 3.05) is 5.32 Å². The lowest BCUT2D eigenvalue weighted by Gasteiger charge is -2.06. The number of hydrogen-bond donors (Lipinski definition) is 3. The number of benzene rings is 2. The number of hydrogen-bond acceptors (Lipinski definition) is 3. The molecule has 26 heavy (non-hydrogen) atoms. The first-order valence-electron chi connectivity index (χ1n) is 8.09. The molecule has 1 amide bonds. The average molecular weight is 345 g/mol. The number of aromatic nitrogens is 2. The maximum absolute atomic E-state index is 12.5. The van der Waals surface area contributed by atoms with Crippen LogP contribution in [0.4, 0.5) is 5.69 Å². The highest BCUT2D eigenvalue weighted by Crippen LogP contribution is 2.24. The smallest absolute Gasteiger partial charge is 0.352 e. The Morgan fingerprint density at radius 1 is 1.08 bits per heavy atom. The number of carboxylic acid groups (broad SMARTS) is 1. The van der Waals surface area contributed by atoms with Gasteiger partial charge in [-0.3, -0.25) is 9.78 Å². The fourth-order valence-corrected chi connectivity index (χ4v) is 3.07. The molecule has 4 aromatic rings. The summed E-state index contributed by atoms with van der Waals surface area (Å²) in [6.45, 7) is 0. The minimum absolute atomic E-state index is 0.0398. The molecule has 0 fully saturated rings. The number of anilines is 1. The quantitative estimate of drug-likeness (QED) is 0.527. The zero-order chi connectivity index (χ0) is 18.1.